The van der Waals surface area contributed by atoms with Crippen molar-refractivity contribution >= 4 is 29.0 Å². The second kappa shape index (κ2) is 4.44. The van der Waals surface area contributed by atoms with Crippen LogP contribution in [0.2, 0.25) is 0 Å². The Hall–Kier alpha value is -1.43. The van der Waals surface area contributed by atoms with E-state index in [1.807, 2.05) is 41.8 Å². The van der Waals surface area contributed by atoms with E-state index in [9.17, 15) is 0 Å². The van der Waals surface area contributed by atoms with Gasteiger partial charge < -0.3 is 14.6 Å². The summed E-state index contributed by atoms with van der Waals surface area (Å²) in [6.45, 7) is 2.10. The summed E-state index contributed by atoms with van der Waals surface area (Å²) in [6, 6.07) is 0. The maximum Gasteiger partial charge on any atom is 0.180 e. The highest BCUT2D eigenvalue weighted by atomic mass is 32.2. The van der Waals surface area contributed by atoms with E-state index in [0.29, 0.717) is 0 Å². The molecule has 1 N–H and O–H groups in total. The van der Waals surface area contributed by atoms with Crippen LogP contribution in [0.3, 0.4) is 0 Å². The SMILES string of the molecule is CNc1cn2ccnc2c(N2CCSCC2)n1. The molecule has 0 atom stereocenters. The van der Waals surface area contributed by atoms with Gasteiger partial charge in [0.05, 0.1) is 6.20 Å². The zero-order chi connectivity index (χ0) is 11.7. The van der Waals surface area contributed by atoms with Crippen LogP contribution in [-0.2, 0) is 0 Å². The molecule has 0 aromatic carbocycles. The molecule has 5 nitrogen and oxygen atoms in total. The molecule has 1 fully saturated rings. The first kappa shape index (κ1) is 10.7. The van der Waals surface area contributed by atoms with Crippen molar-refractivity contribution in [1.82, 2.24) is 14.4 Å². The van der Waals surface area contributed by atoms with Crippen molar-refractivity contribution in [2.45, 2.75) is 0 Å². The van der Waals surface area contributed by atoms with Gasteiger partial charge in [-0.15, -0.1) is 0 Å². The molecule has 0 bridgehead atoms. The van der Waals surface area contributed by atoms with E-state index in [0.717, 1.165) is 30.4 Å². The van der Waals surface area contributed by atoms with Gasteiger partial charge in [0, 0.05) is 44.0 Å². The highest BCUT2D eigenvalue weighted by Gasteiger charge is 2.17. The van der Waals surface area contributed by atoms with Gasteiger partial charge in [-0.1, -0.05) is 0 Å². The number of rotatable bonds is 2. The van der Waals surface area contributed by atoms with E-state index >= 15 is 0 Å². The standard InChI is InChI=1S/C11H15N5S/c1-12-9-8-16-3-2-13-10(16)11(14-9)15-4-6-17-7-5-15/h2-3,8,12H,4-7H2,1H3. The molecule has 0 radical (unpaired) electrons. The summed E-state index contributed by atoms with van der Waals surface area (Å²) in [4.78, 5) is 11.4. The normalized spacial score (nSPS) is 16.4. The maximum absolute atomic E-state index is 4.64. The van der Waals surface area contributed by atoms with E-state index in [4.69, 9.17) is 0 Å². The molecule has 3 heterocycles. The number of nitrogens with one attached hydrogen (secondary N) is 1. The van der Waals surface area contributed by atoms with Crippen LogP contribution < -0.4 is 10.2 Å². The van der Waals surface area contributed by atoms with Crippen LogP contribution in [0.5, 0.6) is 0 Å². The van der Waals surface area contributed by atoms with Crippen LogP contribution >= 0.6 is 11.8 Å². The third kappa shape index (κ3) is 1.93. The lowest BCUT2D eigenvalue weighted by atomic mass is 10.4. The summed E-state index contributed by atoms with van der Waals surface area (Å²) in [5.41, 5.74) is 0.941. The highest BCUT2D eigenvalue weighted by molar-refractivity contribution is 7.99. The predicted octanol–water partition coefficient (Wildman–Crippen LogP) is 1.32. The van der Waals surface area contributed by atoms with Gasteiger partial charge in [0.25, 0.3) is 0 Å². The lowest BCUT2D eigenvalue weighted by Crippen LogP contribution is -2.33. The van der Waals surface area contributed by atoms with Crippen LogP contribution in [0.25, 0.3) is 5.65 Å². The molecule has 0 aliphatic carbocycles. The predicted molar refractivity (Wildman–Crippen MR) is 72.1 cm³/mol. The highest BCUT2D eigenvalue weighted by Crippen LogP contribution is 2.23. The van der Waals surface area contributed by atoms with Crippen molar-refractivity contribution in [3.8, 4) is 0 Å². The average Bonchev–Trinajstić information content (AvgIpc) is 2.86. The van der Waals surface area contributed by atoms with Crippen molar-refractivity contribution in [3.63, 3.8) is 0 Å². The molecule has 17 heavy (non-hydrogen) atoms. The van der Waals surface area contributed by atoms with E-state index in [2.05, 4.69) is 20.2 Å². The fourth-order valence-electron chi connectivity index (χ4n) is 2.02. The van der Waals surface area contributed by atoms with Gasteiger partial charge in [0.1, 0.15) is 5.82 Å². The summed E-state index contributed by atoms with van der Waals surface area (Å²) in [6.07, 6.45) is 5.74. The van der Waals surface area contributed by atoms with Gasteiger partial charge in [-0.3, -0.25) is 0 Å². The van der Waals surface area contributed by atoms with Gasteiger partial charge in [-0.25, -0.2) is 9.97 Å². The first-order valence-corrected chi connectivity index (χ1v) is 6.88. The molecule has 0 unspecified atom stereocenters. The number of thioether (sulfide) groups is 1. The van der Waals surface area contributed by atoms with Gasteiger partial charge in [-0.2, -0.15) is 11.8 Å². The van der Waals surface area contributed by atoms with Gasteiger partial charge in [-0.05, 0) is 0 Å². The van der Waals surface area contributed by atoms with Crippen molar-refractivity contribution in [2.75, 3.05) is 41.9 Å². The largest absolute Gasteiger partial charge is 0.372 e. The van der Waals surface area contributed by atoms with Crippen LogP contribution in [0.4, 0.5) is 11.6 Å². The van der Waals surface area contributed by atoms with E-state index in [1.165, 1.54) is 11.5 Å². The topological polar surface area (TPSA) is 45.5 Å². The molecule has 90 valence electrons. The Labute approximate surface area is 104 Å². The molecule has 1 aliphatic rings. The monoisotopic (exact) mass is 249 g/mol. The van der Waals surface area contributed by atoms with Crippen molar-refractivity contribution in [1.29, 1.82) is 0 Å². The Morgan fingerprint density at radius 1 is 1.35 bits per heavy atom. The molecule has 3 rings (SSSR count). The molecule has 6 heteroatoms. The fourth-order valence-corrected chi connectivity index (χ4v) is 2.93. The zero-order valence-corrected chi connectivity index (χ0v) is 10.6. The summed E-state index contributed by atoms with van der Waals surface area (Å²) < 4.78 is 2.02. The molecular formula is C11H15N5S. The summed E-state index contributed by atoms with van der Waals surface area (Å²) in [7, 11) is 1.89. The molecule has 1 aliphatic heterocycles. The van der Waals surface area contributed by atoms with E-state index in [-0.39, 0.29) is 0 Å². The smallest absolute Gasteiger partial charge is 0.180 e. The minimum Gasteiger partial charge on any atom is -0.372 e. The maximum atomic E-state index is 4.64. The Morgan fingerprint density at radius 3 is 2.94 bits per heavy atom. The zero-order valence-electron chi connectivity index (χ0n) is 9.76. The number of hydrogen-bond donors (Lipinski definition) is 1. The van der Waals surface area contributed by atoms with Crippen LogP contribution in [0.15, 0.2) is 18.6 Å². The Balaban J connectivity index is 2.08. The first-order chi connectivity index (χ1) is 8.38. The number of nitrogens with zero attached hydrogens (tertiary/aromatic N) is 4. The van der Waals surface area contributed by atoms with Crippen LogP contribution in [0, 0.1) is 0 Å². The molecule has 1 saturated heterocycles. The van der Waals surface area contributed by atoms with Gasteiger partial charge in [0.2, 0.25) is 0 Å². The molecule has 2 aromatic heterocycles. The lowest BCUT2D eigenvalue weighted by molar-refractivity contribution is 0.837. The molecule has 0 saturated carbocycles. The summed E-state index contributed by atoms with van der Waals surface area (Å²) >= 11 is 2.00. The molecule has 2 aromatic rings. The van der Waals surface area contributed by atoms with Gasteiger partial charge in [0.15, 0.2) is 11.5 Å². The fraction of sp³-hybridized carbons (Fsp3) is 0.455. The van der Waals surface area contributed by atoms with E-state index < -0.39 is 0 Å². The van der Waals surface area contributed by atoms with E-state index in [1.54, 1.807) is 0 Å². The number of anilines is 2. The number of hydrogen-bond acceptors (Lipinski definition) is 5. The number of fused-ring (bicyclic) bond motifs is 1. The van der Waals surface area contributed by atoms with Crippen molar-refractivity contribution in [3.05, 3.63) is 18.6 Å². The molecule has 0 amide bonds. The summed E-state index contributed by atoms with van der Waals surface area (Å²) in [5, 5.41) is 3.10. The minimum absolute atomic E-state index is 0.878. The third-order valence-corrected chi connectivity index (χ3v) is 3.87. The Morgan fingerprint density at radius 2 is 2.18 bits per heavy atom. The Kier molecular flexibility index (Phi) is 2.80. The first-order valence-electron chi connectivity index (χ1n) is 5.72. The second-order valence-corrected chi connectivity index (χ2v) is 5.18. The second-order valence-electron chi connectivity index (χ2n) is 3.96. The quantitative estimate of drug-likeness (QED) is 0.870. The minimum atomic E-state index is 0.878. The molecule has 0 spiro atoms. The molecular weight excluding hydrogens is 234 g/mol. The number of aromatic nitrogens is 3. The lowest BCUT2D eigenvalue weighted by Gasteiger charge is -2.27. The number of imidazole rings is 1. The van der Waals surface area contributed by atoms with Crippen LogP contribution in [0.1, 0.15) is 0 Å². The Bertz CT molecular complexity index is 518. The van der Waals surface area contributed by atoms with Crippen molar-refractivity contribution in [2.24, 2.45) is 0 Å². The van der Waals surface area contributed by atoms with Gasteiger partial charge >= 0.3 is 0 Å². The summed E-state index contributed by atoms with van der Waals surface area (Å²) in [5.74, 6) is 4.20. The average molecular weight is 249 g/mol. The van der Waals surface area contributed by atoms with Crippen LogP contribution in [-0.4, -0.2) is 46.0 Å². The third-order valence-electron chi connectivity index (χ3n) is 2.92. The van der Waals surface area contributed by atoms with Crippen molar-refractivity contribution < 1.29 is 0 Å².